The Morgan fingerprint density at radius 3 is 1.62 bits per heavy atom. The molecule has 0 aromatic rings. The molecule has 0 aromatic carbocycles. The summed E-state index contributed by atoms with van der Waals surface area (Å²) in [6, 6.07) is 0. The maximum atomic E-state index is 2.56. The van der Waals surface area contributed by atoms with E-state index in [1.807, 2.05) is 0 Å². The molecule has 114 valence electrons. The van der Waals surface area contributed by atoms with Crippen molar-refractivity contribution in [1.29, 1.82) is 0 Å². The van der Waals surface area contributed by atoms with Gasteiger partial charge in [-0.2, -0.15) is 0 Å². The second-order valence-electron chi connectivity index (χ2n) is 6.43. The van der Waals surface area contributed by atoms with Gasteiger partial charge in [0.15, 0.2) is 0 Å². The molecule has 2 aliphatic carbocycles. The third-order valence-corrected chi connectivity index (χ3v) is 9.08. The Kier molecular flexibility index (Phi) is 6.94. The first kappa shape index (κ1) is 17.2. The minimum atomic E-state index is -0.549. The van der Waals surface area contributed by atoms with Gasteiger partial charge in [0, 0.05) is 0 Å². The molecule has 0 spiro atoms. The predicted molar refractivity (Wildman–Crippen MR) is 89.9 cm³/mol. The van der Waals surface area contributed by atoms with Gasteiger partial charge in [0.25, 0.3) is 0 Å². The van der Waals surface area contributed by atoms with Gasteiger partial charge < -0.3 is 0 Å². The van der Waals surface area contributed by atoms with Crippen molar-refractivity contribution in [2.75, 3.05) is 0 Å². The van der Waals surface area contributed by atoms with E-state index in [2.05, 4.69) is 39.8 Å². The van der Waals surface area contributed by atoms with Crippen LogP contribution < -0.4 is 0 Å². The van der Waals surface area contributed by atoms with Crippen molar-refractivity contribution < 1.29 is 23.2 Å². The summed E-state index contributed by atoms with van der Waals surface area (Å²) in [6.45, 7) is 9.37. The summed E-state index contributed by atoms with van der Waals surface area (Å²) in [5.74, 6) is 0. The Labute approximate surface area is 143 Å². The number of hydrogen-bond donors (Lipinski definition) is 0. The molecule has 0 amide bonds. The average Bonchev–Trinajstić information content (AvgIpc) is 3.00. The van der Waals surface area contributed by atoms with E-state index in [9.17, 15) is 0 Å². The second kappa shape index (κ2) is 8.47. The van der Waals surface area contributed by atoms with E-state index in [1.54, 1.807) is 28.9 Å². The molecule has 0 aromatic heterocycles. The first-order chi connectivity index (χ1) is 10.2. The molecule has 2 aliphatic rings. The topological polar surface area (TPSA) is 0 Å². The van der Waals surface area contributed by atoms with E-state index in [0.717, 1.165) is 0 Å². The molecule has 0 saturated carbocycles. The minimum absolute atomic E-state index is 0.549. The Bertz CT molecular complexity index is 454. The molecule has 0 bridgehead atoms. The van der Waals surface area contributed by atoms with Crippen molar-refractivity contribution in [2.24, 2.45) is 0 Å². The number of unbranched alkanes of at least 4 members (excludes halogenated alkanes) is 2. The Balaban J connectivity index is 1.97. The van der Waals surface area contributed by atoms with Crippen LogP contribution >= 0.6 is 0 Å². The van der Waals surface area contributed by atoms with E-state index in [4.69, 9.17) is 0 Å². The number of hydrogen-bond acceptors (Lipinski definition) is 0. The van der Waals surface area contributed by atoms with Crippen LogP contribution in [-0.4, -0.2) is 0 Å². The van der Waals surface area contributed by atoms with Gasteiger partial charge in [-0.1, -0.05) is 0 Å². The molecule has 2 rings (SSSR count). The van der Waals surface area contributed by atoms with Crippen LogP contribution in [0.4, 0.5) is 0 Å². The summed E-state index contributed by atoms with van der Waals surface area (Å²) < 4.78 is 3.54. The summed E-state index contributed by atoms with van der Waals surface area (Å²) >= 11 is -0.549. The molecular formula is C20H30Zr. The molecule has 0 N–H and O–H groups in total. The molecule has 0 radical (unpaired) electrons. The van der Waals surface area contributed by atoms with Crippen molar-refractivity contribution in [3.63, 3.8) is 0 Å². The van der Waals surface area contributed by atoms with Gasteiger partial charge in [0.1, 0.15) is 0 Å². The molecule has 0 saturated heterocycles. The van der Waals surface area contributed by atoms with Crippen molar-refractivity contribution >= 4 is 0 Å². The van der Waals surface area contributed by atoms with Crippen LogP contribution in [-0.2, 0) is 23.2 Å². The molecule has 0 fully saturated rings. The first-order valence-corrected chi connectivity index (χ1v) is 11.2. The van der Waals surface area contributed by atoms with Crippen LogP contribution in [0.5, 0.6) is 0 Å². The van der Waals surface area contributed by atoms with Crippen molar-refractivity contribution in [2.45, 2.75) is 79.1 Å². The number of allylic oxidation sites excluding steroid dienone is 8. The zero-order valence-electron chi connectivity index (χ0n) is 14.3. The average molecular weight is 362 g/mol. The fourth-order valence-electron chi connectivity index (χ4n) is 3.24. The quantitative estimate of drug-likeness (QED) is 0.453. The van der Waals surface area contributed by atoms with Gasteiger partial charge in [0.05, 0.1) is 0 Å². The van der Waals surface area contributed by atoms with E-state index in [0.29, 0.717) is 0 Å². The standard InChI is InChI=1S/2C10H15.Zr/c2*1-3-4-7-10-8-5-6-9(10)2;/h2*5H,3-4,7-8H2,1-2H3;. The predicted octanol–water partition coefficient (Wildman–Crippen LogP) is 6.66. The SMILES string of the molecule is CCCCC1=C(C)[C]([Zr][C]2=CCC(CCCC)=C2C)=CC1. The molecule has 21 heavy (non-hydrogen) atoms. The van der Waals surface area contributed by atoms with Crippen LogP contribution in [0, 0.1) is 0 Å². The van der Waals surface area contributed by atoms with Crippen molar-refractivity contribution in [3.05, 3.63) is 41.0 Å². The van der Waals surface area contributed by atoms with Gasteiger partial charge in [0.2, 0.25) is 0 Å². The summed E-state index contributed by atoms with van der Waals surface area (Å²) in [7, 11) is 0. The van der Waals surface area contributed by atoms with Crippen molar-refractivity contribution in [3.8, 4) is 0 Å². The van der Waals surface area contributed by atoms with E-state index < -0.39 is 23.2 Å². The molecule has 0 atom stereocenters. The first-order valence-electron chi connectivity index (χ1n) is 8.72. The third-order valence-electron chi connectivity index (χ3n) is 4.91. The molecule has 0 heterocycles. The summed E-state index contributed by atoms with van der Waals surface area (Å²) in [4.78, 5) is 0. The van der Waals surface area contributed by atoms with Crippen LogP contribution in [0.2, 0.25) is 0 Å². The van der Waals surface area contributed by atoms with Crippen LogP contribution in [0.15, 0.2) is 41.0 Å². The normalized spacial score (nSPS) is 18.5. The van der Waals surface area contributed by atoms with Crippen LogP contribution in [0.1, 0.15) is 79.1 Å². The molecular weight excluding hydrogens is 331 g/mol. The van der Waals surface area contributed by atoms with Gasteiger partial charge >= 0.3 is 143 Å². The summed E-state index contributed by atoms with van der Waals surface area (Å²) in [5, 5.41) is 0. The Morgan fingerprint density at radius 2 is 1.24 bits per heavy atom. The molecule has 0 nitrogen and oxygen atoms in total. The Morgan fingerprint density at radius 1 is 0.810 bits per heavy atom. The zero-order chi connectivity index (χ0) is 15.2. The van der Waals surface area contributed by atoms with E-state index >= 15 is 0 Å². The molecule has 0 unspecified atom stereocenters. The fraction of sp³-hybridized carbons (Fsp3) is 0.600. The van der Waals surface area contributed by atoms with Gasteiger partial charge in [-0.3, -0.25) is 0 Å². The van der Waals surface area contributed by atoms with E-state index in [-0.39, 0.29) is 0 Å². The van der Waals surface area contributed by atoms with Gasteiger partial charge in [-0.25, -0.2) is 0 Å². The Hall–Kier alpha value is -0.157. The molecule has 1 heteroatoms. The summed E-state index contributed by atoms with van der Waals surface area (Å²) in [6.07, 6.45) is 15.6. The van der Waals surface area contributed by atoms with Gasteiger partial charge in [-0.15, -0.1) is 0 Å². The third kappa shape index (κ3) is 4.41. The maximum absolute atomic E-state index is 2.56. The van der Waals surface area contributed by atoms with Crippen molar-refractivity contribution in [1.82, 2.24) is 0 Å². The summed E-state index contributed by atoms with van der Waals surface area (Å²) in [5.41, 5.74) is 6.81. The van der Waals surface area contributed by atoms with Crippen LogP contribution in [0.25, 0.3) is 0 Å². The van der Waals surface area contributed by atoms with Crippen LogP contribution in [0.3, 0.4) is 0 Å². The monoisotopic (exact) mass is 360 g/mol. The van der Waals surface area contributed by atoms with Gasteiger partial charge in [-0.05, 0) is 0 Å². The molecule has 0 aliphatic heterocycles. The second-order valence-corrected chi connectivity index (χ2v) is 9.70. The zero-order valence-corrected chi connectivity index (χ0v) is 16.8. The number of rotatable bonds is 8. The fourth-order valence-corrected chi connectivity index (χ4v) is 6.75. The van der Waals surface area contributed by atoms with E-state index in [1.165, 1.54) is 51.4 Å².